The largest absolute Gasteiger partial charge is 0.480 e. The van der Waals surface area contributed by atoms with Gasteiger partial charge in [-0.3, -0.25) is 14.9 Å². The van der Waals surface area contributed by atoms with Crippen molar-refractivity contribution in [3.63, 3.8) is 0 Å². The van der Waals surface area contributed by atoms with Gasteiger partial charge in [-0.2, -0.15) is 0 Å². The Balaban J connectivity index is 2.98. The Bertz CT molecular complexity index is 516. The summed E-state index contributed by atoms with van der Waals surface area (Å²) in [5, 5.41) is 33.0. The lowest BCUT2D eigenvalue weighted by Crippen LogP contribution is -2.51. The Morgan fingerprint density at radius 3 is 2.53 bits per heavy atom. The van der Waals surface area contributed by atoms with Crippen molar-refractivity contribution in [2.24, 2.45) is 0 Å². The van der Waals surface area contributed by atoms with Crippen LogP contribution in [0.15, 0.2) is 5.38 Å². The molecule has 5 N–H and O–H groups in total. The molecule has 0 aliphatic heterocycles. The number of hydrogen-bond acceptors (Lipinski definition) is 7. The Labute approximate surface area is 110 Å². The first-order valence-corrected chi connectivity index (χ1v) is 5.80. The van der Waals surface area contributed by atoms with Crippen LogP contribution >= 0.6 is 11.3 Å². The van der Waals surface area contributed by atoms with Crippen LogP contribution in [0, 0.1) is 0 Å². The minimum absolute atomic E-state index is 0.0966. The Kier molecular flexibility index (Phi) is 4.53. The number of aliphatic hydroxyl groups is 1. The number of carbonyl (C=O) groups is 3. The molecule has 0 saturated heterocycles. The van der Waals surface area contributed by atoms with E-state index in [1.807, 2.05) is 5.32 Å². The molecule has 0 aromatic carbocycles. The van der Waals surface area contributed by atoms with Crippen LogP contribution in [0.1, 0.15) is 12.6 Å². The van der Waals surface area contributed by atoms with Crippen molar-refractivity contribution in [3.05, 3.63) is 11.1 Å². The average molecular weight is 289 g/mol. The van der Waals surface area contributed by atoms with Gasteiger partial charge in [0.2, 0.25) is 5.91 Å². The van der Waals surface area contributed by atoms with Gasteiger partial charge in [0.25, 0.3) is 5.72 Å². The first-order valence-electron chi connectivity index (χ1n) is 4.92. The average Bonchev–Trinajstić information content (AvgIpc) is 2.73. The molecule has 1 rings (SSSR count). The monoisotopic (exact) mass is 289 g/mol. The van der Waals surface area contributed by atoms with Gasteiger partial charge < -0.3 is 20.6 Å². The van der Waals surface area contributed by atoms with Crippen LogP contribution in [-0.2, 0) is 20.1 Å². The number of nitrogens with one attached hydrogen (secondary N) is 2. The molecule has 1 unspecified atom stereocenters. The number of hydrogen-bond donors (Lipinski definition) is 5. The van der Waals surface area contributed by atoms with Crippen molar-refractivity contribution in [1.29, 1.82) is 0 Å². The van der Waals surface area contributed by atoms with E-state index < -0.39 is 30.1 Å². The van der Waals surface area contributed by atoms with Crippen molar-refractivity contribution in [3.8, 4) is 0 Å². The fourth-order valence-electron chi connectivity index (χ4n) is 1.13. The standard InChI is InChI=1S/C9H11N3O6S/c1-4(13)11-8-12-5(3-19-8)9(18,7(16)17)10-2-6(14)15/h3,10,18H,2H2,1H3,(H,14,15)(H,16,17)(H,11,12,13). The van der Waals surface area contributed by atoms with E-state index in [1.54, 1.807) is 0 Å². The summed E-state index contributed by atoms with van der Waals surface area (Å²) in [7, 11) is 0. The number of nitrogens with zero attached hydrogens (tertiary/aromatic N) is 1. The predicted molar refractivity (Wildman–Crippen MR) is 63.6 cm³/mol. The Morgan fingerprint density at radius 2 is 2.05 bits per heavy atom. The van der Waals surface area contributed by atoms with Crippen LogP contribution in [0.2, 0.25) is 0 Å². The van der Waals surface area contributed by atoms with Gasteiger partial charge in [0.15, 0.2) is 5.13 Å². The van der Waals surface area contributed by atoms with Gasteiger partial charge in [0.05, 0.1) is 6.54 Å². The minimum atomic E-state index is -2.63. The zero-order chi connectivity index (χ0) is 14.6. The summed E-state index contributed by atoms with van der Waals surface area (Å²) in [5.41, 5.74) is -2.94. The van der Waals surface area contributed by atoms with E-state index in [2.05, 4.69) is 10.3 Å². The third kappa shape index (κ3) is 3.71. The maximum absolute atomic E-state index is 11.0. The lowest BCUT2D eigenvalue weighted by molar-refractivity contribution is -0.165. The summed E-state index contributed by atoms with van der Waals surface area (Å²) in [6.07, 6.45) is 0. The molecule has 0 spiro atoms. The Hall–Kier alpha value is -2.04. The summed E-state index contributed by atoms with van der Waals surface area (Å²) in [5.74, 6) is -3.44. The van der Waals surface area contributed by atoms with E-state index >= 15 is 0 Å². The van der Waals surface area contributed by atoms with Gasteiger partial charge in [-0.05, 0) is 0 Å². The molecule has 0 bridgehead atoms. The second kappa shape index (κ2) is 5.73. The molecule has 1 atom stereocenters. The zero-order valence-corrected chi connectivity index (χ0v) is 10.5. The summed E-state index contributed by atoms with van der Waals surface area (Å²) in [6.45, 7) is 0.475. The van der Waals surface area contributed by atoms with Crippen molar-refractivity contribution in [2.75, 3.05) is 11.9 Å². The van der Waals surface area contributed by atoms with Crippen LogP contribution in [0.4, 0.5) is 5.13 Å². The van der Waals surface area contributed by atoms with Crippen molar-refractivity contribution in [2.45, 2.75) is 12.6 Å². The minimum Gasteiger partial charge on any atom is -0.480 e. The number of carbonyl (C=O) groups excluding carboxylic acids is 1. The molecule has 1 aromatic rings. The number of anilines is 1. The quantitative estimate of drug-likeness (QED) is 0.419. The molecule has 9 nitrogen and oxygen atoms in total. The predicted octanol–water partition coefficient (Wildman–Crippen LogP) is -0.995. The molecule has 10 heteroatoms. The van der Waals surface area contributed by atoms with Crippen LogP contribution in [0.5, 0.6) is 0 Å². The van der Waals surface area contributed by atoms with Gasteiger partial charge in [0, 0.05) is 12.3 Å². The molecule has 1 aromatic heterocycles. The SMILES string of the molecule is CC(=O)Nc1nc(C(O)(NCC(=O)O)C(=O)O)cs1. The first-order chi connectivity index (χ1) is 8.75. The smallest absolute Gasteiger partial charge is 0.358 e. The van der Waals surface area contributed by atoms with E-state index in [9.17, 15) is 19.5 Å². The molecule has 0 aliphatic rings. The zero-order valence-electron chi connectivity index (χ0n) is 9.71. The van der Waals surface area contributed by atoms with Gasteiger partial charge in [-0.15, -0.1) is 11.3 Å². The summed E-state index contributed by atoms with van der Waals surface area (Å²) < 4.78 is 0. The van der Waals surface area contributed by atoms with Crippen LogP contribution < -0.4 is 10.6 Å². The molecular formula is C9H11N3O6S. The van der Waals surface area contributed by atoms with E-state index in [1.165, 1.54) is 12.3 Å². The highest BCUT2D eigenvalue weighted by Crippen LogP contribution is 2.24. The second-order valence-corrected chi connectivity index (χ2v) is 4.34. The number of rotatable bonds is 6. The summed E-state index contributed by atoms with van der Waals surface area (Å²) >= 11 is 0.903. The van der Waals surface area contributed by atoms with Crippen LogP contribution in [0.25, 0.3) is 0 Å². The lowest BCUT2D eigenvalue weighted by atomic mass is 10.1. The van der Waals surface area contributed by atoms with Crippen molar-refractivity contribution in [1.82, 2.24) is 10.3 Å². The van der Waals surface area contributed by atoms with Gasteiger partial charge >= 0.3 is 11.9 Å². The number of aromatic nitrogens is 1. The molecular weight excluding hydrogens is 278 g/mol. The molecule has 104 valence electrons. The van der Waals surface area contributed by atoms with Crippen molar-refractivity contribution >= 4 is 34.3 Å². The normalized spacial score (nSPS) is 13.6. The molecule has 19 heavy (non-hydrogen) atoms. The van der Waals surface area contributed by atoms with E-state index in [-0.39, 0.29) is 10.8 Å². The van der Waals surface area contributed by atoms with Gasteiger partial charge in [-0.1, -0.05) is 0 Å². The number of aliphatic carboxylic acids is 2. The fourth-order valence-corrected chi connectivity index (χ4v) is 1.93. The highest BCUT2D eigenvalue weighted by atomic mass is 32.1. The highest BCUT2D eigenvalue weighted by Gasteiger charge is 2.40. The first kappa shape index (κ1) is 15.0. The van der Waals surface area contributed by atoms with Gasteiger partial charge in [0.1, 0.15) is 5.69 Å². The molecule has 0 saturated carbocycles. The van der Waals surface area contributed by atoms with Crippen molar-refractivity contribution < 1.29 is 29.7 Å². The topological polar surface area (TPSA) is 149 Å². The second-order valence-electron chi connectivity index (χ2n) is 3.48. The lowest BCUT2D eigenvalue weighted by Gasteiger charge is -2.21. The van der Waals surface area contributed by atoms with Gasteiger partial charge in [-0.25, -0.2) is 9.78 Å². The maximum Gasteiger partial charge on any atom is 0.358 e. The van der Waals surface area contributed by atoms with Crippen LogP contribution in [-0.4, -0.2) is 44.7 Å². The molecule has 0 fully saturated rings. The molecule has 0 aliphatic carbocycles. The highest BCUT2D eigenvalue weighted by molar-refractivity contribution is 7.14. The third-order valence-corrected chi connectivity index (χ3v) is 2.72. The van der Waals surface area contributed by atoms with E-state index in [0.29, 0.717) is 0 Å². The molecule has 1 heterocycles. The number of thiazole rings is 1. The summed E-state index contributed by atoms with van der Waals surface area (Å²) in [6, 6.07) is 0. The number of carboxylic acids is 2. The third-order valence-electron chi connectivity index (χ3n) is 1.96. The number of amides is 1. The molecule has 1 amide bonds. The summed E-state index contributed by atoms with van der Waals surface area (Å²) in [4.78, 5) is 36.0. The number of carboxylic acid groups (broad SMARTS) is 2. The molecule has 0 radical (unpaired) electrons. The Morgan fingerprint density at radius 1 is 1.42 bits per heavy atom. The van der Waals surface area contributed by atoms with E-state index in [0.717, 1.165) is 11.3 Å². The van der Waals surface area contributed by atoms with Crippen LogP contribution in [0.3, 0.4) is 0 Å². The maximum atomic E-state index is 11.0. The fraction of sp³-hybridized carbons (Fsp3) is 0.333. The van der Waals surface area contributed by atoms with E-state index in [4.69, 9.17) is 10.2 Å².